The Labute approximate surface area is 124 Å². The third kappa shape index (κ3) is 2.78. The van der Waals surface area contributed by atoms with Crippen molar-refractivity contribution in [3.63, 3.8) is 0 Å². The van der Waals surface area contributed by atoms with Gasteiger partial charge in [0.1, 0.15) is 17.2 Å². The van der Waals surface area contributed by atoms with Crippen molar-refractivity contribution >= 4 is 27.4 Å². The highest BCUT2D eigenvalue weighted by molar-refractivity contribution is 7.72. The van der Waals surface area contributed by atoms with Gasteiger partial charge in [-0.25, -0.2) is 8.42 Å². The number of hydrogen-bond donors (Lipinski definition) is 2. The molecular weight excluding hydrogens is 286 g/mol. The topological polar surface area (TPSA) is 59.3 Å². The molecule has 5 heteroatoms. The van der Waals surface area contributed by atoms with Gasteiger partial charge in [0, 0.05) is 28.3 Å². The lowest BCUT2D eigenvalue weighted by molar-refractivity contribution is 0.616. The molecule has 0 aliphatic carbocycles. The molecule has 0 amide bonds. The molecule has 1 heterocycles. The van der Waals surface area contributed by atoms with E-state index in [9.17, 15) is 8.42 Å². The van der Waals surface area contributed by atoms with Gasteiger partial charge in [0.25, 0.3) is 0 Å². The third-order valence-electron chi connectivity index (χ3n) is 3.24. The molecule has 4 nitrogen and oxygen atoms in total. The zero-order chi connectivity index (χ0) is 14.8. The van der Waals surface area contributed by atoms with E-state index in [1.165, 1.54) is 0 Å². The summed E-state index contributed by atoms with van der Waals surface area (Å²) in [6.45, 7) is 4.08. The van der Waals surface area contributed by atoms with Crippen molar-refractivity contribution in [3.8, 4) is 11.3 Å². The standard InChI is InChI=1S/C16H14NO3S/c1-11-14-8-7-13(17-10-21(18)19)9-15(14)20-16(11)12-5-3-2-4-6-12/h2-9,17,21H,1,10H2. The van der Waals surface area contributed by atoms with Crippen LogP contribution in [0.15, 0.2) is 52.9 Å². The van der Waals surface area contributed by atoms with E-state index < -0.39 is 10.7 Å². The summed E-state index contributed by atoms with van der Waals surface area (Å²) in [6, 6.07) is 15.3. The Balaban J connectivity index is 2.03. The molecular formula is C16H14NO3S. The maximum Gasteiger partial charge on any atom is 0.158 e. The fourth-order valence-electron chi connectivity index (χ4n) is 2.24. The van der Waals surface area contributed by atoms with Gasteiger partial charge in [-0.3, -0.25) is 0 Å². The van der Waals surface area contributed by atoms with Crippen LogP contribution in [-0.4, -0.2) is 14.3 Å². The Morgan fingerprint density at radius 1 is 1.10 bits per heavy atom. The lowest BCUT2D eigenvalue weighted by Gasteiger charge is -2.01. The maximum atomic E-state index is 10.6. The Morgan fingerprint density at radius 2 is 1.86 bits per heavy atom. The quantitative estimate of drug-likeness (QED) is 0.726. The van der Waals surface area contributed by atoms with Crippen molar-refractivity contribution in [3.05, 3.63) is 61.0 Å². The molecule has 0 aliphatic heterocycles. The molecule has 0 spiro atoms. The van der Waals surface area contributed by atoms with Crippen LogP contribution in [0.4, 0.5) is 5.69 Å². The second-order valence-corrected chi connectivity index (χ2v) is 5.64. The SMILES string of the molecule is [CH2]c1c(-c2ccccc2)oc2cc(NC[SH](=O)=O)ccc12. The highest BCUT2D eigenvalue weighted by atomic mass is 32.2. The normalized spacial score (nSPS) is 11.1. The Bertz CT molecular complexity index is 843. The van der Waals surface area contributed by atoms with Crippen molar-refractivity contribution in [2.45, 2.75) is 0 Å². The Kier molecular flexibility index (Phi) is 3.66. The molecule has 0 unspecified atom stereocenters. The minimum Gasteiger partial charge on any atom is -0.456 e. The van der Waals surface area contributed by atoms with Gasteiger partial charge in [0.15, 0.2) is 10.7 Å². The first-order valence-corrected chi connectivity index (χ1v) is 7.81. The molecule has 3 aromatic rings. The molecule has 1 aromatic heterocycles. The minimum absolute atomic E-state index is 0.0929. The van der Waals surface area contributed by atoms with E-state index in [1.54, 1.807) is 6.07 Å². The van der Waals surface area contributed by atoms with Gasteiger partial charge in [-0.2, -0.15) is 0 Å². The van der Waals surface area contributed by atoms with Crippen LogP contribution < -0.4 is 5.32 Å². The molecule has 3 rings (SSSR count). The van der Waals surface area contributed by atoms with Crippen molar-refractivity contribution < 1.29 is 12.8 Å². The summed E-state index contributed by atoms with van der Waals surface area (Å²) in [4.78, 5) is 0. The maximum absolute atomic E-state index is 10.6. The minimum atomic E-state index is -2.46. The first-order valence-electron chi connectivity index (χ1n) is 6.45. The molecule has 1 N–H and O–H groups in total. The zero-order valence-corrected chi connectivity index (χ0v) is 12.1. The predicted octanol–water partition coefficient (Wildman–Crippen LogP) is 3.26. The second-order valence-electron chi connectivity index (χ2n) is 4.65. The lowest BCUT2D eigenvalue weighted by Crippen LogP contribution is -2.01. The number of rotatable bonds is 4. The van der Waals surface area contributed by atoms with Gasteiger partial charge < -0.3 is 9.73 Å². The van der Waals surface area contributed by atoms with Crippen LogP contribution in [-0.2, 0) is 10.7 Å². The number of thiol groups is 1. The Morgan fingerprint density at radius 3 is 2.57 bits per heavy atom. The van der Waals surface area contributed by atoms with Crippen LogP contribution in [0.3, 0.4) is 0 Å². The Hall–Kier alpha value is -2.27. The predicted molar refractivity (Wildman–Crippen MR) is 84.9 cm³/mol. The monoisotopic (exact) mass is 300 g/mol. The summed E-state index contributed by atoms with van der Waals surface area (Å²) in [6.07, 6.45) is 0. The average molecular weight is 300 g/mol. The number of anilines is 1. The molecule has 0 saturated carbocycles. The highest BCUT2D eigenvalue weighted by Crippen LogP contribution is 2.34. The van der Waals surface area contributed by atoms with Crippen molar-refractivity contribution in [1.29, 1.82) is 0 Å². The van der Waals surface area contributed by atoms with E-state index >= 15 is 0 Å². The molecule has 0 fully saturated rings. The number of benzene rings is 2. The van der Waals surface area contributed by atoms with Crippen molar-refractivity contribution in [1.82, 2.24) is 0 Å². The fraction of sp³-hybridized carbons (Fsp3) is 0.0625. The molecule has 0 bridgehead atoms. The smallest absolute Gasteiger partial charge is 0.158 e. The second kappa shape index (κ2) is 5.61. The summed E-state index contributed by atoms with van der Waals surface area (Å²) in [5, 5.41) is 3.75. The van der Waals surface area contributed by atoms with Crippen LogP contribution in [0.2, 0.25) is 0 Å². The number of fused-ring (bicyclic) bond motifs is 1. The van der Waals surface area contributed by atoms with Gasteiger partial charge >= 0.3 is 0 Å². The van der Waals surface area contributed by atoms with E-state index in [1.807, 2.05) is 42.5 Å². The summed E-state index contributed by atoms with van der Waals surface area (Å²) in [5.41, 5.74) is 3.19. The zero-order valence-electron chi connectivity index (χ0n) is 11.2. The number of nitrogens with one attached hydrogen (secondary N) is 1. The summed E-state index contributed by atoms with van der Waals surface area (Å²) in [5.74, 6) is 0.641. The first-order chi connectivity index (χ1) is 10.1. The van der Waals surface area contributed by atoms with E-state index in [0.29, 0.717) is 11.3 Å². The molecule has 0 saturated heterocycles. The van der Waals surface area contributed by atoms with Crippen LogP contribution in [0.25, 0.3) is 22.3 Å². The first kappa shape index (κ1) is 13.7. The van der Waals surface area contributed by atoms with Crippen molar-refractivity contribution in [2.24, 2.45) is 0 Å². The number of furan rings is 1. The van der Waals surface area contributed by atoms with E-state index in [-0.39, 0.29) is 5.88 Å². The summed E-state index contributed by atoms with van der Waals surface area (Å²) in [7, 11) is -2.46. The molecule has 0 aliphatic rings. The van der Waals surface area contributed by atoms with Crippen LogP contribution in [0, 0.1) is 6.92 Å². The largest absolute Gasteiger partial charge is 0.456 e. The van der Waals surface area contributed by atoms with Crippen LogP contribution >= 0.6 is 0 Å². The van der Waals surface area contributed by atoms with E-state index in [4.69, 9.17) is 4.42 Å². The van der Waals surface area contributed by atoms with Gasteiger partial charge in [0.2, 0.25) is 0 Å². The van der Waals surface area contributed by atoms with Crippen molar-refractivity contribution in [2.75, 3.05) is 11.2 Å². The fourth-order valence-corrected chi connectivity index (χ4v) is 2.55. The molecule has 107 valence electrons. The van der Waals surface area contributed by atoms with Gasteiger partial charge in [-0.1, -0.05) is 30.3 Å². The molecule has 2 aromatic carbocycles. The average Bonchev–Trinajstić information content (AvgIpc) is 2.83. The van der Waals surface area contributed by atoms with Gasteiger partial charge in [0.05, 0.1) is 0 Å². The van der Waals surface area contributed by atoms with Crippen LogP contribution in [0.5, 0.6) is 0 Å². The number of hydrogen-bond acceptors (Lipinski definition) is 4. The lowest BCUT2D eigenvalue weighted by atomic mass is 10.1. The summed E-state index contributed by atoms with van der Waals surface area (Å²) >= 11 is 0. The van der Waals surface area contributed by atoms with E-state index in [2.05, 4.69) is 12.2 Å². The third-order valence-corrected chi connectivity index (χ3v) is 3.66. The van der Waals surface area contributed by atoms with Gasteiger partial charge in [-0.15, -0.1) is 0 Å². The molecule has 0 atom stereocenters. The van der Waals surface area contributed by atoms with E-state index in [0.717, 1.165) is 22.3 Å². The highest BCUT2D eigenvalue weighted by Gasteiger charge is 2.12. The van der Waals surface area contributed by atoms with Gasteiger partial charge in [-0.05, 0) is 19.1 Å². The summed E-state index contributed by atoms with van der Waals surface area (Å²) < 4.78 is 27.1. The van der Waals surface area contributed by atoms with Crippen LogP contribution in [0.1, 0.15) is 5.56 Å². The molecule has 1 radical (unpaired) electrons. The molecule has 21 heavy (non-hydrogen) atoms.